The Morgan fingerprint density at radius 1 is 1.05 bits per heavy atom. The number of aromatic nitrogens is 3. The lowest BCUT2D eigenvalue weighted by atomic mass is 9.48. The Morgan fingerprint density at radius 2 is 1.71 bits per heavy atom. The molecule has 0 radical (unpaired) electrons. The van der Waals surface area contributed by atoms with Gasteiger partial charge in [0, 0.05) is 17.0 Å². The Bertz CT molecular complexity index is 1710. The quantitative estimate of drug-likeness (QED) is 0.240. The average Bonchev–Trinajstić information content (AvgIpc) is 3.59. The fourth-order valence-corrected chi connectivity index (χ4v) is 9.52. The van der Waals surface area contributed by atoms with Crippen LogP contribution in [0.2, 0.25) is 0 Å². The number of benzene rings is 1. The molecule has 3 N–H and O–H groups in total. The van der Waals surface area contributed by atoms with E-state index >= 15 is 0 Å². The van der Waals surface area contributed by atoms with Gasteiger partial charge in [-0.25, -0.2) is 18.4 Å². The molecule has 9 rings (SSSR count). The molecular formula is C32H31F2N5O2S. The van der Waals surface area contributed by atoms with E-state index in [-0.39, 0.29) is 33.5 Å². The van der Waals surface area contributed by atoms with Gasteiger partial charge in [0.2, 0.25) is 0 Å². The first-order valence-electron chi connectivity index (χ1n) is 14.8. The Morgan fingerprint density at radius 3 is 2.31 bits per heavy atom. The zero-order valence-corrected chi connectivity index (χ0v) is 23.8. The second-order valence-electron chi connectivity index (χ2n) is 12.9. The van der Waals surface area contributed by atoms with Gasteiger partial charge in [-0.15, -0.1) is 11.3 Å². The Hall–Kier alpha value is -3.66. The predicted octanol–water partition coefficient (Wildman–Crippen LogP) is 7.12. The molecule has 7 nitrogen and oxygen atoms in total. The summed E-state index contributed by atoms with van der Waals surface area (Å²) in [6, 6.07) is 11.2. The van der Waals surface area contributed by atoms with Crippen molar-refractivity contribution in [1.82, 2.24) is 14.8 Å². The number of halogens is 2. The number of primary amides is 1. The van der Waals surface area contributed by atoms with Gasteiger partial charge in [-0.2, -0.15) is 5.10 Å². The predicted molar refractivity (Wildman–Crippen MR) is 156 cm³/mol. The second kappa shape index (κ2) is 9.42. The van der Waals surface area contributed by atoms with Gasteiger partial charge in [-0.05, 0) is 98.8 Å². The summed E-state index contributed by atoms with van der Waals surface area (Å²) in [5.74, 6) is 0.967. The zero-order valence-electron chi connectivity index (χ0n) is 23.0. The lowest BCUT2D eigenvalue weighted by molar-refractivity contribution is -0.00765. The summed E-state index contributed by atoms with van der Waals surface area (Å²) in [4.78, 5) is 31.5. The number of amides is 2. The van der Waals surface area contributed by atoms with E-state index in [0.717, 1.165) is 54.8 Å². The van der Waals surface area contributed by atoms with E-state index in [1.54, 1.807) is 10.9 Å². The third-order valence-corrected chi connectivity index (χ3v) is 11.0. The van der Waals surface area contributed by atoms with E-state index in [1.807, 2.05) is 30.3 Å². The van der Waals surface area contributed by atoms with E-state index in [2.05, 4.69) is 10.3 Å². The van der Waals surface area contributed by atoms with Crippen molar-refractivity contribution in [3.63, 3.8) is 0 Å². The molecule has 3 aromatic heterocycles. The molecule has 4 aromatic rings. The zero-order chi connectivity index (χ0) is 28.7. The van der Waals surface area contributed by atoms with E-state index in [9.17, 15) is 18.4 Å². The number of hydrogen-bond donors (Lipinski definition) is 2. The number of anilines is 1. The third-order valence-electron chi connectivity index (χ3n) is 9.94. The molecule has 3 heterocycles. The highest BCUT2D eigenvalue weighted by atomic mass is 32.1. The molecule has 10 heteroatoms. The first kappa shape index (κ1) is 26.0. The molecule has 0 unspecified atom stereocenters. The monoisotopic (exact) mass is 587 g/mol. The number of nitrogens with zero attached hydrogens (tertiary/aromatic N) is 3. The van der Waals surface area contributed by atoms with Crippen LogP contribution in [-0.4, -0.2) is 26.6 Å². The van der Waals surface area contributed by atoms with Crippen molar-refractivity contribution in [2.75, 3.05) is 5.32 Å². The molecule has 2 amide bonds. The lowest BCUT2D eigenvalue weighted by Crippen LogP contribution is -2.49. The highest BCUT2D eigenvalue weighted by molar-refractivity contribution is 7.21. The first-order chi connectivity index (χ1) is 20.3. The third kappa shape index (κ3) is 4.17. The van der Waals surface area contributed by atoms with E-state index in [0.29, 0.717) is 39.1 Å². The Balaban J connectivity index is 1.26. The molecular weight excluding hydrogens is 556 g/mol. The summed E-state index contributed by atoms with van der Waals surface area (Å²) in [5.41, 5.74) is 8.42. The number of pyridine rings is 1. The van der Waals surface area contributed by atoms with Crippen molar-refractivity contribution in [1.29, 1.82) is 0 Å². The summed E-state index contributed by atoms with van der Waals surface area (Å²) in [6.07, 6.45) is 7.67. The topological polar surface area (TPSA) is 103 Å². The van der Waals surface area contributed by atoms with Crippen molar-refractivity contribution in [3.05, 3.63) is 70.0 Å². The van der Waals surface area contributed by atoms with Gasteiger partial charge in [0.1, 0.15) is 15.4 Å². The maximum Gasteiger partial charge on any atom is 0.280 e. The number of thiophene rings is 1. The average molecular weight is 588 g/mol. The Labute approximate surface area is 245 Å². The van der Waals surface area contributed by atoms with Crippen LogP contribution in [-0.2, 0) is 5.41 Å². The number of para-hydroxylation sites is 1. The molecule has 5 saturated carbocycles. The van der Waals surface area contributed by atoms with E-state index in [4.69, 9.17) is 10.8 Å². The number of carbonyl (C=O) groups is 2. The summed E-state index contributed by atoms with van der Waals surface area (Å²) in [6.45, 7) is 0. The van der Waals surface area contributed by atoms with Crippen molar-refractivity contribution < 1.29 is 18.4 Å². The number of rotatable bonds is 7. The Kier molecular flexibility index (Phi) is 5.83. The van der Waals surface area contributed by atoms with Gasteiger partial charge in [0.05, 0.1) is 22.6 Å². The van der Waals surface area contributed by atoms with Crippen LogP contribution in [0.3, 0.4) is 0 Å². The number of nitrogens with two attached hydrogens (primary N) is 1. The van der Waals surface area contributed by atoms with Crippen molar-refractivity contribution >= 4 is 39.1 Å². The highest BCUT2D eigenvalue weighted by Crippen LogP contribution is 2.61. The van der Waals surface area contributed by atoms with Gasteiger partial charge in [-0.1, -0.05) is 18.2 Å². The molecule has 0 aliphatic heterocycles. The van der Waals surface area contributed by atoms with Crippen molar-refractivity contribution in [3.8, 4) is 5.69 Å². The number of carbonyl (C=O) groups excluding carboxylic acids is 2. The van der Waals surface area contributed by atoms with Crippen molar-refractivity contribution in [2.45, 2.75) is 69.1 Å². The van der Waals surface area contributed by atoms with Crippen LogP contribution in [0, 0.1) is 17.8 Å². The summed E-state index contributed by atoms with van der Waals surface area (Å²) in [7, 11) is 0. The molecule has 42 heavy (non-hydrogen) atoms. The minimum atomic E-state index is -2.74. The van der Waals surface area contributed by atoms with Gasteiger partial charge < -0.3 is 11.1 Å². The number of nitrogens with one attached hydrogen (secondary N) is 1. The van der Waals surface area contributed by atoms with Gasteiger partial charge >= 0.3 is 0 Å². The fraction of sp³-hybridized carbons (Fsp3) is 0.438. The van der Waals surface area contributed by atoms with Gasteiger partial charge in [-0.3, -0.25) is 9.59 Å². The van der Waals surface area contributed by atoms with Crippen LogP contribution < -0.4 is 11.1 Å². The first-order valence-corrected chi connectivity index (χ1v) is 15.6. The number of fused-ring (bicyclic) bond motifs is 1. The lowest BCUT2D eigenvalue weighted by Gasteiger charge is -2.56. The molecule has 5 aliphatic rings. The summed E-state index contributed by atoms with van der Waals surface area (Å²) in [5, 5.41) is 8.67. The van der Waals surface area contributed by atoms with Gasteiger partial charge in [0.15, 0.2) is 0 Å². The maximum absolute atomic E-state index is 14.3. The second-order valence-corrected chi connectivity index (χ2v) is 13.9. The number of alkyl halides is 2. The molecule has 216 valence electrons. The van der Waals surface area contributed by atoms with E-state index < -0.39 is 12.3 Å². The van der Waals surface area contributed by atoms with Crippen LogP contribution in [0.5, 0.6) is 0 Å². The minimum absolute atomic E-state index is 0.0856. The SMILES string of the molecule is NC(=O)c1sc2nc(C(F)F)cc(C3CC3)c2c1NC(=O)c1cn(-c2ccccc2)nc1C12CC3CC(CC(C3)C1)C2. The van der Waals surface area contributed by atoms with E-state index in [1.165, 1.54) is 25.3 Å². The number of hydrogen-bond acceptors (Lipinski definition) is 5. The highest BCUT2D eigenvalue weighted by Gasteiger charge is 2.54. The molecule has 0 saturated heterocycles. The molecule has 1 aromatic carbocycles. The van der Waals surface area contributed by atoms with Crippen LogP contribution in [0.1, 0.15) is 101 Å². The summed E-state index contributed by atoms with van der Waals surface area (Å²) >= 11 is 0.959. The standard InChI is InChI=1S/C32H31F2N5O2S/c33-28(34)23-11-21(19-6-7-19)24-25(26(29(35)40)42-31(24)36-23)37-30(41)22-15-39(20-4-2-1-3-5-20)38-27(22)32-12-16-8-17(13-32)10-18(9-16)14-32/h1-5,11,15-19,28H,6-10,12-14H2,(H2,35,40)(H,37,41). The normalized spacial score (nSPS) is 26.3. The molecule has 4 bridgehead atoms. The molecule has 0 atom stereocenters. The molecule has 5 aliphatic carbocycles. The van der Waals surface area contributed by atoms with Crippen molar-refractivity contribution in [2.24, 2.45) is 23.5 Å². The minimum Gasteiger partial charge on any atom is -0.365 e. The fourth-order valence-electron chi connectivity index (χ4n) is 8.49. The molecule has 0 spiro atoms. The molecule has 5 fully saturated rings. The summed E-state index contributed by atoms with van der Waals surface area (Å²) < 4.78 is 29.2. The smallest absolute Gasteiger partial charge is 0.280 e. The van der Waals surface area contributed by atoms with Gasteiger partial charge in [0.25, 0.3) is 18.2 Å². The van der Waals surface area contributed by atoms with Crippen LogP contribution in [0.4, 0.5) is 14.5 Å². The maximum atomic E-state index is 14.3. The van der Waals surface area contributed by atoms with Crippen LogP contribution in [0.25, 0.3) is 15.9 Å². The van der Waals surface area contributed by atoms with Crippen LogP contribution >= 0.6 is 11.3 Å². The largest absolute Gasteiger partial charge is 0.365 e. The van der Waals surface area contributed by atoms with Crippen LogP contribution in [0.15, 0.2) is 42.6 Å².